The van der Waals surface area contributed by atoms with Gasteiger partial charge >= 0.3 is 0 Å². The minimum Gasteiger partial charge on any atom is -0.392 e. The van der Waals surface area contributed by atoms with Gasteiger partial charge in [0.1, 0.15) is 0 Å². The lowest BCUT2D eigenvalue weighted by molar-refractivity contribution is 0.0700. The third-order valence-corrected chi connectivity index (χ3v) is 2.56. The van der Waals surface area contributed by atoms with Gasteiger partial charge in [-0.3, -0.25) is 4.90 Å². The Kier molecular flexibility index (Phi) is 2.90. The molecule has 0 aliphatic carbocycles. The first-order valence-corrected chi connectivity index (χ1v) is 4.56. The third kappa shape index (κ3) is 1.94. The molecule has 0 spiro atoms. The second kappa shape index (κ2) is 3.55. The van der Waals surface area contributed by atoms with Crippen LogP contribution in [-0.4, -0.2) is 34.7 Å². The predicted molar refractivity (Wildman–Crippen MR) is 46.5 cm³/mol. The van der Waals surface area contributed by atoms with Crippen molar-refractivity contribution in [1.29, 1.82) is 0 Å². The zero-order valence-electron chi connectivity index (χ0n) is 7.75. The highest BCUT2D eigenvalue weighted by molar-refractivity contribution is 4.84. The Balaban J connectivity index is 2.51. The third-order valence-electron chi connectivity index (χ3n) is 2.56. The van der Waals surface area contributed by atoms with Gasteiger partial charge < -0.3 is 5.11 Å². The summed E-state index contributed by atoms with van der Waals surface area (Å²) in [6, 6.07) is 0.993. The van der Waals surface area contributed by atoms with Crippen LogP contribution in [0.4, 0.5) is 0 Å². The van der Waals surface area contributed by atoms with Crippen LogP contribution < -0.4 is 0 Å². The smallest absolute Gasteiger partial charge is 0.0667 e. The maximum atomic E-state index is 9.43. The van der Waals surface area contributed by atoms with Crippen molar-refractivity contribution < 1.29 is 5.11 Å². The quantitative estimate of drug-likeness (QED) is 0.652. The summed E-state index contributed by atoms with van der Waals surface area (Å²) >= 11 is 0. The van der Waals surface area contributed by atoms with Gasteiger partial charge in [-0.05, 0) is 40.2 Å². The molecule has 66 valence electrons. The summed E-state index contributed by atoms with van der Waals surface area (Å²) in [5.74, 6) is 0. The molecule has 0 bridgehead atoms. The number of hydrogen-bond acceptors (Lipinski definition) is 2. The monoisotopic (exact) mass is 157 g/mol. The van der Waals surface area contributed by atoms with E-state index in [1.165, 1.54) is 6.42 Å². The molecular weight excluding hydrogens is 138 g/mol. The SMILES string of the molecule is CC(C)N1CCC[C@@H]1[C@H](C)O. The van der Waals surface area contributed by atoms with E-state index in [9.17, 15) is 5.11 Å². The van der Waals surface area contributed by atoms with Crippen molar-refractivity contribution >= 4 is 0 Å². The molecule has 11 heavy (non-hydrogen) atoms. The minimum absolute atomic E-state index is 0.167. The van der Waals surface area contributed by atoms with Gasteiger partial charge in [0.15, 0.2) is 0 Å². The Hall–Kier alpha value is -0.0800. The van der Waals surface area contributed by atoms with Crippen LogP contribution in [0.25, 0.3) is 0 Å². The Labute approximate surface area is 69.2 Å². The van der Waals surface area contributed by atoms with Crippen LogP contribution in [0.5, 0.6) is 0 Å². The molecule has 2 atom stereocenters. The molecule has 0 amide bonds. The topological polar surface area (TPSA) is 23.5 Å². The lowest BCUT2D eigenvalue weighted by Crippen LogP contribution is -2.41. The summed E-state index contributed by atoms with van der Waals surface area (Å²) in [5.41, 5.74) is 0. The van der Waals surface area contributed by atoms with Gasteiger partial charge in [0.05, 0.1) is 6.10 Å². The van der Waals surface area contributed by atoms with E-state index in [4.69, 9.17) is 0 Å². The standard InChI is InChI=1S/C9H19NO/c1-7(2)10-6-4-5-9(10)8(3)11/h7-9,11H,4-6H2,1-3H3/t8-,9+/m0/s1. The largest absolute Gasteiger partial charge is 0.392 e. The van der Waals surface area contributed by atoms with Crippen molar-refractivity contribution in [3.8, 4) is 0 Å². The molecule has 1 aliphatic rings. The molecule has 2 nitrogen and oxygen atoms in total. The molecule has 1 rings (SSSR count). The molecule has 0 radical (unpaired) electrons. The van der Waals surface area contributed by atoms with Gasteiger partial charge in [-0.1, -0.05) is 0 Å². The first-order valence-electron chi connectivity index (χ1n) is 4.56. The normalized spacial score (nSPS) is 29.7. The maximum Gasteiger partial charge on any atom is 0.0667 e. The van der Waals surface area contributed by atoms with Crippen LogP contribution >= 0.6 is 0 Å². The van der Waals surface area contributed by atoms with Gasteiger partial charge in [0.2, 0.25) is 0 Å². The fraction of sp³-hybridized carbons (Fsp3) is 1.00. The van der Waals surface area contributed by atoms with E-state index >= 15 is 0 Å². The highest BCUT2D eigenvalue weighted by atomic mass is 16.3. The number of rotatable bonds is 2. The Morgan fingerprint density at radius 2 is 2.00 bits per heavy atom. The molecular formula is C9H19NO. The summed E-state index contributed by atoms with van der Waals surface area (Å²) in [7, 11) is 0. The van der Waals surface area contributed by atoms with E-state index < -0.39 is 0 Å². The molecule has 1 fully saturated rings. The molecule has 2 heteroatoms. The van der Waals surface area contributed by atoms with E-state index in [2.05, 4.69) is 18.7 Å². The van der Waals surface area contributed by atoms with Gasteiger partial charge in [-0.25, -0.2) is 0 Å². The summed E-state index contributed by atoms with van der Waals surface area (Å²) < 4.78 is 0. The Morgan fingerprint density at radius 1 is 1.36 bits per heavy atom. The van der Waals surface area contributed by atoms with E-state index in [0.717, 1.165) is 13.0 Å². The highest BCUT2D eigenvalue weighted by Gasteiger charge is 2.29. The molecule has 0 saturated carbocycles. The van der Waals surface area contributed by atoms with Gasteiger partial charge in [0, 0.05) is 12.1 Å². The van der Waals surface area contributed by atoms with Crippen LogP contribution in [0, 0.1) is 0 Å². The molecule has 1 saturated heterocycles. The molecule has 0 unspecified atom stereocenters. The summed E-state index contributed by atoms with van der Waals surface area (Å²) in [4.78, 5) is 2.39. The number of hydrogen-bond donors (Lipinski definition) is 1. The summed E-state index contributed by atoms with van der Waals surface area (Å²) in [6.45, 7) is 7.44. The van der Waals surface area contributed by atoms with Crippen LogP contribution in [0.1, 0.15) is 33.6 Å². The average Bonchev–Trinajstić information content (AvgIpc) is 2.32. The summed E-state index contributed by atoms with van der Waals surface area (Å²) in [6.07, 6.45) is 2.24. The van der Waals surface area contributed by atoms with E-state index in [1.807, 2.05) is 6.92 Å². The molecule has 1 aliphatic heterocycles. The van der Waals surface area contributed by atoms with E-state index in [-0.39, 0.29) is 6.10 Å². The molecule has 1 heterocycles. The molecule has 0 aromatic rings. The minimum atomic E-state index is -0.167. The summed E-state index contributed by atoms with van der Waals surface area (Å²) in [5, 5.41) is 9.43. The second-order valence-corrected chi connectivity index (χ2v) is 3.78. The van der Waals surface area contributed by atoms with Crippen LogP contribution in [0.3, 0.4) is 0 Å². The second-order valence-electron chi connectivity index (χ2n) is 3.78. The zero-order chi connectivity index (χ0) is 8.43. The number of likely N-dealkylation sites (tertiary alicyclic amines) is 1. The van der Waals surface area contributed by atoms with Crippen molar-refractivity contribution in [2.45, 2.75) is 51.8 Å². The van der Waals surface area contributed by atoms with Crippen molar-refractivity contribution in [3.63, 3.8) is 0 Å². The predicted octanol–water partition coefficient (Wildman–Crippen LogP) is 1.24. The number of nitrogens with zero attached hydrogens (tertiary/aromatic N) is 1. The fourth-order valence-electron chi connectivity index (χ4n) is 1.97. The lowest BCUT2D eigenvalue weighted by Gasteiger charge is -2.29. The van der Waals surface area contributed by atoms with Gasteiger partial charge in [-0.2, -0.15) is 0 Å². The molecule has 0 aromatic heterocycles. The Morgan fingerprint density at radius 3 is 2.36 bits per heavy atom. The zero-order valence-corrected chi connectivity index (χ0v) is 7.75. The van der Waals surface area contributed by atoms with Crippen molar-refractivity contribution in [2.75, 3.05) is 6.54 Å². The number of aliphatic hydroxyl groups excluding tert-OH is 1. The number of aliphatic hydroxyl groups is 1. The van der Waals surface area contributed by atoms with Gasteiger partial charge in [0.25, 0.3) is 0 Å². The van der Waals surface area contributed by atoms with Crippen LogP contribution in [0.2, 0.25) is 0 Å². The van der Waals surface area contributed by atoms with Crippen LogP contribution in [-0.2, 0) is 0 Å². The van der Waals surface area contributed by atoms with Crippen molar-refractivity contribution in [1.82, 2.24) is 4.90 Å². The lowest BCUT2D eigenvalue weighted by atomic mass is 10.1. The van der Waals surface area contributed by atoms with Crippen molar-refractivity contribution in [3.05, 3.63) is 0 Å². The molecule has 0 aromatic carbocycles. The molecule has 1 N–H and O–H groups in total. The Bertz CT molecular complexity index is 109. The first-order chi connectivity index (χ1) is 5.13. The van der Waals surface area contributed by atoms with Crippen molar-refractivity contribution in [2.24, 2.45) is 0 Å². The van der Waals surface area contributed by atoms with E-state index in [1.54, 1.807) is 0 Å². The average molecular weight is 157 g/mol. The highest BCUT2D eigenvalue weighted by Crippen LogP contribution is 2.22. The fourth-order valence-corrected chi connectivity index (χ4v) is 1.97. The maximum absolute atomic E-state index is 9.43. The van der Waals surface area contributed by atoms with Gasteiger partial charge in [-0.15, -0.1) is 0 Å². The van der Waals surface area contributed by atoms with E-state index in [0.29, 0.717) is 12.1 Å². The van der Waals surface area contributed by atoms with Crippen LogP contribution in [0.15, 0.2) is 0 Å². The first kappa shape index (κ1) is 9.01.